The van der Waals surface area contributed by atoms with Crippen LogP contribution in [0.15, 0.2) is 48.5 Å². The first kappa shape index (κ1) is 16.1. The van der Waals surface area contributed by atoms with Crippen LogP contribution in [0.25, 0.3) is 0 Å². The van der Waals surface area contributed by atoms with Crippen molar-refractivity contribution in [3.63, 3.8) is 0 Å². The van der Waals surface area contributed by atoms with E-state index in [1.54, 1.807) is 4.90 Å². The van der Waals surface area contributed by atoms with Crippen molar-refractivity contribution in [1.29, 1.82) is 0 Å². The molecule has 0 aromatic heterocycles. The molecule has 2 aromatic rings. The molecule has 0 spiro atoms. The number of carbonyl (C=O) groups excluding carboxylic acids is 1. The Bertz CT molecular complexity index is 758. The molecule has 0 saturated heterocycles. The minimum absolute atomic E-state index is 0.0584. The molecule has 3 heteroatoms. The Labute approximate surface area is 143 Å². The van der Waals surface area contributed by atoms with Gasteiger partial charge < -0.3 is 9.64 Å². The number of aryl methyl sites for hydroxylation is 1. The number of ether oxygens (including phenoxy) is 1. The van der Waals surface area contributed by atoms with Gasteiger partial charge in [0.1, 0.15) is 12.4 Å². The molecule has 24 heavy (non-hydrogen) atoms. The predicted octanol–water partition coefficient (Wildman–Crippen LogP) is 3.21. The summed E-state index contributed by atoms with van der Waals surface area (Å²) in [5, 5.41) is 0. The van der Waals surface area contributed by atoms with Crippen molar-refractivity contribution in [3.05, 3.63) is 65.2 Å². The fraction of sp³-hybridized carbons (Fsp3) is 0.286. The molecule has 1 unspecified atom stereocenters. The summed E-state index contributed by atoms with van der Waals surface area (Å²) in [6.45, 7) is 3.29. The number of carbonyl (C=O) groups is 1. The maximum Gasteiger partial charge on any atom is 0.230 e. The first-order chi connectivity index (χ1) is 11.7. The summed E-state index contributed by atoms with van der Waals surface area (Å²) in [6, 6.07) is 16.1. The molecule has 3 rings (SSSR count). The van der Waals surface area contributed by atoms with E-state index in [9.17, 15) is 4.79 Å². The Morgan fingerprint density at radius 3 is 2.75 bits per heavy atom. The van der Waals surface area contributed by atoms with Crippen LogP contribution >= 0.6 is 0 Å². The number of hydrogen-bond donors (Lipinski definition) is 0. The van der Waals surface area contributed by atoms with E-state index in [1.807, 2.05) is 55.5 Å². The number of fused-ring (bicyclic) bond motifs is 1. The molecular formula is C21H21NO2. The van der Waals surface area contributed by atoms with E-state index in [0.717, 1.165) is 16.9 Å². The number of hydrogen-bond acceptors (Lipinski definition) is 2. The molecule has 0 saturated carbocycles. The molecule has 0 bridgehead atoms. The highest BCUT2D eigenvalue weighted by molar-refractivity contribution is 5.80. The van der Waals surface area contributed by atoms with Crippen molar-refractivity contribution in [2.45, 2.75) is 19.9 Å². The number of rotatable bonds is 4. The van der Waals surface area contributed by atoms with Crippen molar-refractivity contribution in [2.75, 3.05) is 13.2 Å². The third kappa shape index (κ3) is 3.60. The van der Waals surface area contributed by atoms with Crippen LogP contribution in [0.5, 0.6) is 5.75 Å². The summed E-state index contributed by atoms with van der Waals surface area (Å²) < 4.78 is 5.75. The number of para-hydroxylation sites is 1. The van der Waals surface area contributed by atoms with Crippen molar-refractivity contribution < 1.29 is 9.53 Å². The molecule has 122 valence electrons. The molecular weight excluding hydrogens is 298 g/mol. The first-order valence-electron chi connectivity index (χ1n) is 8.16. The van der Waals surface area contributed by atoms with Gasteiger partial charge in [-0.25, -0.2) is 0 Å². The lowest BCUT2D eigenvalue weighted by Crippen LogP contribution is -2.40. The smallest absolute Gasteiger partial charge is 0.230 e. The largest absolute Gasteiger partial charge is 0.492 e. The molecule has 1 aliphatic rings. The molecule has 2 aromatic carbocycles. The van der Waals surface area contributed by atoms with Crippen LogP contribution in [0, 0.1) is 25.2 Å². The number of nitrogens with zero attached hydrogens (tertiary/aromatic N) is 1. The third-order valence-corrected chi connectivity index (χ3v) is 4.32. The van der Waals surface area contributed by atoms with E-state index in [-0.39, 0.29) is 11.8 Å². The van der Waals surface area contributed by atoms with Crippen LogP contribution in [0.3, 0.4) is 0 Å². The highest BCUT2D eigenvalue weighted by Crippen LogP contribution is 2.28. The summed E-state index contributed by atoms with van der Waals surface area (Å²) in [5.74, 6) is 3.36. The minimum Gasteiger partial charge on any atom is -0.492 e. The van der Waals surface area contributed by atoms with Gasteiger partial charge in [-0.1, -0.05) is 53.9 Å². The monoisotopic (exact) mass is 319 g/mol. The zero-order chi connectivity index (χ0) is 16.9. The quantitative estimate of drug-likeness (QED) is 0.810. The third-order valence-electron chi connectivity index (χ3n) is 4.32. The van der Waals surface area contributed by atoms with E-state index >= 15 is 0 Å². The van der Waals surface area contributed by atoms with Crippen LogP contribution < -0.4 is 4.74 Å². The second-order valence-corrected chi connectivity index (χ2v) is 6.20. The Kier molecular flexibility index (Phi) is 4.86. The van der Waals surface area contributed by atoms with E-state index in [4.69, 9.17) is 11.2 Å². The van der Waals surface area contributed by atoms with Crippen LogP contribution in [-0.2, 0) is 17.8 Å². The summed E-state index contributed by atoms with van der Waals surface area (Å²) in [7, 11) is 0. The van der Waals surface area contributed by atoms with Gasteiger partial charge in [-0.15, -0.1) is 6.42 Å². The average molecular weight is 319 g/mol. The van der Waals surface area contributed by atoms with Crippen LogP contribution in [-0.4, -0.2) is 24.0 Å². The lowest BCUT2D eigenvalue weighted by atomic mass is 9.95. The fourth-order valence-corrected chi connectivity index (χ4v) is 2.98. The molecule has 1 atom stereocenters. The maximum atomic E-state index is 12.9. The Hall–Kier alpha value is -2.73. The van der Waals surface area contributed by atoms with Crippen molar-refractivity contribution in [2.24, 2.45) is 5.92 Å². The summed E-state index contributed by atoms with van der Waals surface area (Å²) >= 11 is 0. The highest BCUT2D eigenvalue weighted by atomic mass is 16.5. The molecule has 3 nitrogen and oxygen atoms in total. The van der Waals surface area contributed by atoms with Gasteiger partial charge in [0.25, 0.3) is 0 Å². The lowest BCUT2D eigenvalue weighted by molar-refractivity contribution is -0.136. The van der Waals surface area contributed by atoms with Gasteiger partial charge in [-0.2, -0.15) is 0 Å². The molecule has 1 amide bonds. The van der Waals surface area contributed by atoms with E-state index in [2.05, 4.69) is 5.92 Å². The summed E-state index contributed by atoms with van der Waals surface area (Å²) in [6.07, 6.45) is 6.17. The second kappa shape index (κ2) is 7.23. The molecule has 0 fully saturated rings. The molecule has 0 radical (unpaired) electrons. The van der Waals surface area contributed by atoms with Gasteiger partial charge in [0.15, 0.2) is 0 Å². The minimum atomic E-state index is -0.182. The van der Waals surface area contributed by atoms with Gasteiger partial charge in [-0.3, -0.25) is 4.79 Å². The Balaban J connectivity index is 1.73. The Morgan fingerprint density at radius 2 is 2.00 bits per heavy atom. The fourth-order valence-electron chi connectivity index (χ4n) is 2.98. The van der Waals surface area contributed by atoms with Crippen LogP contribution in [0.4, 0.5) is 0 Å². The van der Waals surface area contributed by atoms with E-state index in [0.29, 0.717) is 26.1 Å². The normalized spacial score (nSPS) is 15.8. The van der Waals surface area contributed by atoms with Crippen molar-refractivity contribution in [1.82, 2.24) is 4.90 Å². The predicted molar refractivity (Wildman–Crippen MR) is 94.6 cm³/mol. The molecule has 0 aliphatic carbocycles. The van der Waals surface area contributed by atoms with Crippen LogP contribution in [0.2, 0.25) is 0 Å². The molecule has 1 aliphatic heterocycles. The standard InChI is InChI=1S/C21H21NO2/c1-3-12-22(14-17-10-8-16(2)9-11-17)21(23)19-13-18-6-4-5-7-20(18)24-15-19/h1,4-11,19H,12-15H2,2H3. The zero-order valence-electron chi connectivity index (χ0n) is 13.9. The molecule has 1 heterocycles. The topological polar surface area (TPSA) is 29.5 Å². The van der Waals surface area contributed by atoms with E-state index < -0.39 is 0 Å². The number of terminal acetylenes is 1. The van der Waals surface area contributed by atoms with Crippen molar-refractivity contribution >= 4 is 5.91 Å². The van der Waals surface area contributed by atoms with Gasteiger partial charge in [0.05, 0.1) is 12.5 Å². The highest BCUT2D eigenvalue weighted by Gasteiger charge is 2.29. The van der Waals surface area contributed by atoms with Crippen molar-refractivity contribution in [3.8, 4) is 18.1 Å². The average Bonchev–Trinajstić information content (AvgIpc) is 2.62. The SMILES string of the molecule is C#CCN(Cc1ccc(C)cc1)C(=O)C1COc2ccccc2C1. The summed E-state index contributed by atoms with van der Waals surface area (Å²) in [4.78, 5) is 14.7. The van der Waals surface area contributed by atoms with Crippen LogP contribution in [0.1, 0.15) is 16.7 Å². The van der Waals surface area contributed by atoms with Gasteiger partial charge in [-0.05, 0) is 30.5 Å². The van der Waals surface area contributed by atoms with E-state index in [1.165, 1.54) is 5.56 Å². The van der Waals surface area contributed by atoms with Gasteiger partial charge in [0.2, 0.25) is 5.91 Å². The van der Waals surface area contributed by atoms with Gasteiger partial charge in [0, 0.05) is 6.54 Å². The lowest BCUT2D eigenvalue weighted by Gasteiger charge is -2.29. The summed E-state index contributed by atoms with van der Waals surface area (Å²) in [5.41, 5.74) is 3.37. The Morgan fingerprint density at radius 1 is 1.25 bits per heavy atom. The number of amides is 1. The number of benzene rings is 2. The maximum absolute atomic E-state index is 12.9. The second-order valence-electron chi connectivity index (χ2n) is 6.20. The molecule has 0 N–H and O–H groups in total. The first-order valence-corrected chi connectivity index (χ1v) is 8.16. The zero-order valence-corrected chi connectivity index (χ0v) is 13.9. The van der Waals surface area contributed by atoms with Gasteiger partial charge >= 0.3 is 0 Å².